The summed E-state index contributed by atoms with van der Waals surface area (Å²) < 4.78 is 18.0. The first kappa shape index (κ1) is 20.3. The molecule has 0 amide bonds. The Labute approximate surface area is 160 Å². The predicted molar refractivity (Wildman–Crippen MR) is 104 cm³/mol. The summed E-state index contributed by atoms with van der Waals surface area (Å²) >= 11 is 0. The van der Waals surface area contributed by atoms with Gasteiger partial charge in [0.2, 0.25) is 0 Å². The van der Waals surface area contributed by atoms with Crippen LogP contribution in [0.5, 0.6) is 17.2 Å². The summed E-state index contributed by atoms with van der Waals surface area (Å²) in [5.74, 6) is 3.79. The van der Waals surface area contributed by atoms with Crippen molar-refractivity contribution >= 4 is 5.96 Å². The second-order valence-electron chi connectivity index (χ2n) is 5.89. The lowest BCUT2D eigenvalue weighted by Gasteiger charge is -2.22. The lowest BCUT2D eigenvalue weighted by molar-refractivity contribution is 0.368. The first-order valence-electron chi connectivity index (χ1n) is 8.57. The van der Waals surface area contributed by atoms with Crippen LogP contribution in [0.1, 0.15) is 11.4 Å². The van der Waals surface area contributed by atoms with Crippen LogP contribution < -0.4 is 19.5 Å². The molecule has 0 spiro atoms. The molecule has 0 aliphatic carbocycles. The summed E-state index contributed by atoms with van der Waals surface area (Å²) in [5.41, 5.74) is 0.972. The Bertz CT molecular complexity index is 749. The molecule has 0 aliphatic rings. The van der Waals surface area contributed by atoms with E-state index in [1.807, 2.05) is 31.1 Å². The highest BCUT2D eigenvalue weighted by molar-refractivity contribution is 5.79. The summed E-state index contributed by atoms with van der Waals surface area (Å²) in [6.07, 6.45) is 2.24. The molecule has 2 rings (SSSR count). The molecule has 9 heteroatoms. The number of aromatic nitrogens is 3. The molecule has 0 aliphatic heterocycles. The highest BCUT2D eigenvalue weighted by atomic mass is 16.5. The predicted octanol–water partition coefficient (Wildman–Crippen LogP) is 1.09. The Morgan fingerprint density at radius 3 is 2.33 bits per heavy atom. The molecule has 0 bridgehead atoms. The fraction of sp³-hybridized carbons (Fsp3) is 0.500. The minimum atomic E-state index is 0.603. The maximum absolute atomic E-state index is 5.50. The van der Waals surface area contributed by atoms with Crippen molar-refractivity contribution in [3.05, 3.63) is 29.8 Å². The van der Waals surface area contributed by atoms with Gasteiger partial charge in [0.25, 0.3) is 0 Å². The van der Waals surface area contributed by atoms with Crippen LogP contribution in [0.3, 0.4) is 0 Å². The molecule has 0 radical (unpaired) electrons. The maximum Gasteiger partial charge on any atom is 0.193 e. The van der Waals surface area contributed by atoms with E-state index in [4.69, 9.17) is 14.2 Å². The third-order valence-electron chi connectivity index (χ3n) is 4.23. The largest absolute Gasteiger partial charge is 0.496 e. The number of hydrogen-bond acceptors (Lipinski definition) is 6. The van der Waals surface area contributed by atoms with Gasteiger partial charge in [-0.25, -0.2) is 4.98 Å². The Morgan fingerprint density at radius 1 is 1.19 bits per heavy atom. The number of ether oxygens (including phenoxy) is 3. The minimum absolute atomic E-state index is 0.603. The number of rotatable bonds is 8. The lowest BCUT2D eigenvalue weighted by atomic mass is 10.1. The van der Waals surface area contributed by atoms with Crippen LogP contribution in [0.15, 0.2) is 23.5 Å². The van der Waals surface area contributed by atoms with Gasteiger partial charge in [-0.3, -0.25) is 9.67 Å². The molecule has 0 unspecified atom stereocenters. The lowest BCUT2D eigenvalue weighted by Crippen LogP contribution is -2.39. The third kappa shape index (κ3) is 5.02. The van der Waals surface area contributed by atoms with Crippen LogP contribution in [0, 0.1) is 0 Å². The summed E-state index contributed by atoms with van der Waals surface area (Å²) in [6, 6.07) is 3.71. The monoisotopic (exact) mass is 376 g/mol. The average Bonchev–Trinajstić information content (AvgIpc) is 3.09. The van der Waals surface area contributed by atoms with Gasteiger partial charge in [-0.05, 0) is 6.42 Å². The zero-order valence-corrected chi connectivity index (χ0v) is 16.8. The smallest absolute Gasteiger partial charge is 0.193 e. The molecule has 9 nitrogen and oxygen atoms in total. The second kappa shape index (κ2) is 9.65. The molecular weight excluding hydrogens is 348 g/mol. The van der Waals surface area contributed by atoms with Gasteiger partial charge in [0.1, 0.15) is 29.4 Å². The number of hydrogen-bond donors (Lipinski definition) is 1. The van der Waals surface area contributed by atoms with E-state index in [0.717, 1.165) is 28.8 Å². The van der Waals surface area contributed by atoms with Crippen LogP contribution >= 0.6 is 0 Å². The molecule has 0 atom stereocenters. The summed E-state index contributed by atoms with van der Waals surface area (Å²) in [7, 11) is 10.5. The zero-order chi connectivity index (χ0) is 19.8. The molecule has 2 aromatic rings. The molecular formula is C18H28N6O3. The van der Waals surface area contributed by atoms with Crippen molar-refractivity contribution in [2.45, 2.75) is 13.0 Å². The highest BCUT2D eigenvalue weighted by Gasteiger charge is 2.14. The van der Waals surface area contributed by atoms with Crippen molar-refractivity contribution in [1.82, 2.24) is 25.0 Å². The zero-order valence-electron chi connectivity index (χ0n) is 16.8. The van der Waals surface area contributed by atoms with Crippen LogP contribution in [-0.4, -0.2) is 67.6 Å². The number of aliphatic imine (C=N–C) groups is 1. The van der Waals surface area contributed by atoms with Crippen molar-refractivity contribution < 1.29 is 14.2 Å². The molecule has 1 heterocycles. The second-order valence-corrected chi connectivity index (χ2v) is 5.89. The summed E-state index contributed by atoms with van der Waals surface area (Å²) in [4.78, 5) is 10.6. The molecule has 0 saturated heterocycles. The van der Waals surface area contributed by atoms with Gasteiger partial charge in [0.05, 0.1) is 27.9 Å². The SMILES string of the molecule is CN=C(NCCc1c(OC)cc(OC)cc1OC)N(C)Cc1ncnn1C. The Kier molecular flexibility index (Phi) is 7.27. The van der Waals surface area contributed by atoms with E-state index < -0.39 is 0 Å². The van der Waals surface area contributed by atoms with E-state index in [0.29, 0.717) is 25.3 Å². The van der Waals surface area contributed by atoms with Gasteiger partial charge in [0, 0.05) is 45.4 Å². The number of methoxy groups -OCH3 is 3. The standard InChI is InChI=1S/C18H28N6O3/c1-19-18(23(2)11-17-21-12-22-24(17)3)20-8-7-14-15(26-5)9-13(25-4)10-16(14)27-6/h9-10,12H,7-8,11H2,1-6H3,(H,19,20). The molecule has 1 aromatic heterocycles. The maximum atomic E-state index is 5.50. The third-order valence-corrected chi connectivity index (χ3v) is 4.23. The molecule has 1 aromatic carbocycles. The highest BCUT2D eigenvalue weighted by Crippen LogP contribution is 2.34. The fourth-order valence-electron chi connectivity index (χ4n) is 2.76. The Balaban J connectivity index is 2.02. The molecule has 27 heavy (non-hydrogen) atoms. The number of aryl methyl sites for hydroxylation is 1. The van der Waals surface area contributed by atoms with E-state index >= 15 is 0 Å². The number of nitrogens with one attached hydrogen (secondary N) is 1. The molecule has 0 fully saturated rings. The van der Waals surface area contributed by atoms with Crippen molar-refractivity contribution in [1.29, 1.82) is 0 Å². The van der Waals surface area contributed by atoms with Gasteiger partial charge in [-0.2, -0.15) is 5.10 Å². The van der Waals surface area contributed by atoms with Crippen LogP contribution in [0.25, 0.3) is 0 Å². The van der Waals surface area contributed by atoms with Gasteiger partial charge >= 0.3 is 0 Å². The van der Waals surface area contributed by atoms with Crippen LogP contribution in [0.4, 0.5) is 0 Å². The van der Waals surface area contributed by atoms with Crippen molar-refractivity contribution in [2.24, 2.45) is 12.0 Å². The Hall–Kier alpha value is -2.97. The summed E-state index contributed by atoms with van der Waals surface area (Å²) in [5, 5.41) is 7.45. The number of benzene rings is 1. The average molecular weight is 376 g/mol. The first-order valence-corrected chi connectivity index (χ1v) is 8.57. The quantitative estimate of drug-likeness (QED) is 0.545. The summed E-state index contributed by atoms with van der Waals surface area (Å²) in [6.45, 7) is 1.26. The van der Waals surface area contributed by atoms with Crippen LogP contribution in [-0.2, 0) is 20.0 Å². The van der Waals surface area contributed by atoms with E-state index in [2.05, 4.69) is 20.4 Å². The van der Waals surface area contributed by atoms with Crippen LogP contribution in [0.2, 0.25) is 0 Å². The van der Waals surface area contributed by atoms with E-state index in [1.165, 1.54) is 0 Å². The normalized spacial score (nSPS) is 11.3. The molecule has 0 saturated carbocycles. The van der Waals surface area contributed by atoms with E-state index in [9.17, 15) is 0 Å². The first-order chi connectivity index (χ1) is 13.0. The number of guanidine groups is 1. The van der Waals surface area contributed by atoms with Gasteiger partial charge in [0.15, 0.2) is 5.96 Å². The molecule has 148 valence electrons. The van der Waals surface area contributed by atoms with Gasteiger partial charge in [-0.1, -0.05) is 0 Å². The minimum Gasteiger partial charge on any atom is -0.496 e. The van der Waals surface area contributed by atoms with E-state index in [-0.39, 0.29) is 0 Å². The molecule has 1 N–H and O–H groups in total. The van der Waals surface area contributed by atoms with Crippen molar-refractivity contribution in [3.8, 4) is 17.2 Å². The van der Waals surface area contributed by atoms with Gasteiger partial charge < -0.3 is 24.4 Å². The number of nitrogens with zero attached hydrogens (tertiary/aromatic N) is 5. The van der Waals surface area contributed by atoms with Crippen molar-refractivity contribution in [2.75, 3.05) is 42.0 Å². The van der Waals surface area contributed by atoms with E-state index in [1.54, 1.807) is 39.4 Å². The fourth-order valence-corrected chi connectivity index (χ4v) is 2.76. The Morgan fingerprint density at radius 2 is 1.85 bits per heavy atom. The van der Waals surface area contributed by atoms with Gasteiger partial charge in [-0.15, -0.1) is 0 Å². The topological polar surface area (TPSA) is 86.0 Å². The van der Waals surface area contributed by atoms with Crippen molar-refractivity contribution in [3.63, 3.8) is 0 Å².